The molecular formula is C17H19N3O2S. The number of aryl methyl sites for hydroxylation is 2. The van der Waals surface area contributed by atoms with Crippen LogP contribution in [0, 0.1) is 13.8 Å². The van der Waals surface area contributed by atoms with Crippen LogP contribution in [0.25, 0.3) is 0 Å². The molecule has 0 saturated heterocycles. The van der Waals surface area contributed by atoms with Crippen LogP contribution < -0.4 is 10.2 Å². The number of fused-ring (bicyclic) bond motifs is 1. The molecule has 0 aliphatic carbocycles. The Hall–Kier alpha value is -2.21. The first-order chi connectivity index (χ1) is 10.7. The van der Waals surface area contributed by atoms with Crippen molar-refractivity contribution < 1.29 is 9.59 Å². The lowest BCUT2D eigenvalue weighted by molar-refractivity contribution is -0.121. The number of carbonyl (C=O) groups is 2. The van der Waals surface area contributed by atoms with Crippen LogP contribution >= 0.6 is 11.3 Å². The molecule has 0 radical (unpaired) electrons. The van der Waals surface area contributed by atoms with E-state index in [0.29, 0.717) is 10.7 Å². The van der Waals surface area contributed by atoms with E-state index in [1.54, 1.807) is 24.1 Å². The Labute approximate surface area is 139 Å². The molecule has 2 heterocycles. The van der Waals surface area contributed by atoms with Gasteiger partial charge in [0.15, 0.2) is 5.13 Å². The third-order valence-corrected chi connectivity index (χ3v) is 5.37. The van der Waals surface area contributed by atoms with Crippen LogP contribution in [0.2, 0.25) is 0 Å². The average molecular weight is 329 g/mol. The second-order valence-electron chi connectivity index (χ2n) is 6.34. The molecule has 3 rings (SSSR count). The summed E-state index contributed by atoms with van der Waals surface area (Å²) in [7, 11) is 1.76. The Bertz CT molecular complexity index is 804. The largest absolute Gasteiger partial charge is 0.314 e. The molecule has 2 aromatic rings. The lowest BCUT2D eigenvalue weighted by atomic mass is 9.85. The number of thiazole rings is 1. The van der Waals surface area contributed by atoms with Crippen LogP contribution in [0.4, 0.5) is 10.8 Å². The molecule has 0 spiro atoms. The minimum absolute atomic E-state index is 0.0382. The lowest BCUT2D eigenvalue weighted by Gasteiger charge is -2.16. The van der Waals surface area contributed by atoms with Crippen molar-refractivity contribution >= 4 is 34.0 Å². The van der Waals surface area contributed by atoms with Gasteiger partial charge in [-0.3, -0.25) is 14.9 Å². The van der Waals surface area contributed by atoms with Gasteiger partial charge in [0.2, 0.25) is 5.91 Å². The van der Waals surface area contributed by atoms with Crippen molar-refractivity contribution in [3.8, 4) is 0 Å². The molecular weight excluding hydrogens is 310 g/mol. The maximum absolute atomic E-state index is 12.5. The van der Waals surface area contributed by atoms with Crippen LogP contribution in [0.5, 0.6) is 0 Å². The highest BCUT2D eigenvalue weighted by Crippen LogP contribution is 2.41. The Morgan fingerprint density at radius 2 is 2.00 bits per heavy atom. The zero-order valence-electron chi connectivity index (χ0n) is 13.9. The van der Waals surface area contributed by atoms with Crippen LogP contribution in [0.1, 0.15) is 40.3 Å². The standard InChI is InChI=1S/C17H19N3O2S/c1-9-10(2)23-16(18-9)19-14(21)11-6-7-13-12(8-11)17(3,4)15(22)20(13)5/h6-8H,1-5H3,(H,18,19,21). The number of amides is 2. The molecule has 0 atom stereocenters. The topological polar surface area (TPSA) is 62.3 Å². The van der Waals surface area contributed by atoms with Gasteiger partial charge in [0.05, 0.1) is 11.1 Å². The Morgan fingerprint density at radius 3 is 2.61 bits per heavy atom. The van der Waals surface area contributed by atoms with E-state index in [0.717, 1.165) is 21.8 Å². The van der Waals surface area contributed by atoms with Gasteiger partial charge in [-0.1, -0.05) is 0 Å². The Morgan fingerprint density at radius 1 is 1.30 bits per heavy atom. The van der Waals surface area contributed by atoms with E-state index in [-0.39, 0.29) is 11.8 Å². The second kappa shape index (κ2) is 5.16. The fourth-order valence-corrected chi connectivity index (χ4v) is 3.62. The van der Waals surface area contributed by atoms with E-state index in [9.17, 15) is 9.59 Å². The van der Waals surface area contributed by atoms with E-state index in [2.05, 4.69) is 10.3 Å². The van der Waals surface area contributed by atoms with Crippen LogP contribution in [0.15, 0.2) is 18.2 Å². The highest BCUT2D eigenvalue weighted by Gasteiger charge is 2.42. The van der Waals surface area contributed by atoms with Crippen molar-refractivity contribution in [3.63, 3.8) is 0 Å². The minimum Gasteiger partial charge on any atom is -0.314 e. The molecule has 2 amide bonds. The predicted octanol–water partition coefficient (Wildman–Crippen LogP) is 3.27. The summed E-state index contributed by atoms with van der Waals surface area (Å²) in [6, 6.07) is 5.38. The summed E-state index contributed by atoms with van der Waals surface area (Å²) in [6.45, 7) is 7.66. The van der Waals surface area contributed by atoms with Crippen LogP contribution in [0.3, 0.4) is 0 Å². The number of carbonyl (C=O) groups excluding carboxylic acids is 2. The number of hydrogen-bond acceptors (Lipinski definition) is 4. The first-order valence-electron chi connectivity index (χ1n) is 7.40. The summed E-state index contributed by atoms with van der Waals surface area (Å²) in [6.07, 6.45) is 0. The Balaban J connectivity index is 1.92. The van der Waals surface area contributed by atoms with Gasteiger partial charge in [0.1, 0.15) is 0 Å². The highest BCUT2D eigenvalue weighted by atomic mass is 32.1. The number of benzene rings is 1. The predicted molar refractivity (Wildman–Crippen MR) is 92.4 cm³/mol. The molecule has 0 fully saturated rings. The summed E-state index contributed by atoms with van der Waals surface area (Å²) in [4.78, 5) is 31.8. The molecule has 1 aliphatic rings. The molecule has 6 heteroatoms. The van der Waals surface area contributed by atoms with Gasteiger partial charge in [0.25, 0.3) is 5.91 Å². The van der Waals surface area contributed by atoms with Gasteiger partial charge in [-0.15, -0.1) is 11.3 Å². The zero-order chi connectivity index (χ0) is 16.9. The van der Waals surface area contributed by atoms with Crippen LogP contribution in [-0.4, -0.2) is 23.8 Å². The first-order valence-corrected chi connectivity index (χ1v) is 8.21. The molecule has 23 heavy (non-hydrogen) atoms. The first kappa shape index (κ1) is 15.7. The molecule has 1 aromatic carbocycles. The number of aromatic nitrogens is 1. The third kappa shape index (κ3) is 2.43. The molecule has 0 bridgehead atoms. The van der Waals surface area contributed by atoms with Crippen molar-refractivity contribution in [2.24, 2.45) is 0 Å². The molecule has 0 unspecified atom stereocenters. The van der Waals surface area contributed by atoms with Gasteiger partial charge in [0, 0.05) is 23.2 Å². The fourth-order valence-electron chi connectivity index (χ4n) is 2.81. The van der Waals surface area contributed by atoms with Crippen molar-refractivity contribution in [2.75, 3.05) is 17.3 Å². The number of hydrogen-bond donors (Lipinski definition) is 1. The van der Waals surface area contributed by atoms with Gasteiger partial charge in [-0.2, -0.15) is 0 Å². The number of nitrogens with zero attached hydrogens (tertiary/aromatic N) is 2. The van der Waals surface area contributed by atoms with Gasteiger partial charge in [-0.25, -0.2) is 4.98 Å². The maximum atomic E-state index is 12.5. The highest BCUT2D eigenvalue weighted by molar-refractivity contribution is 7.15. The van der Waals surface area contributed by atoms with Crippen molar-refractivity contribution in [2.45, 2.75) is 33.1 Å². The summed E-state index contributed by atoms with van der Waals surface area (Å²) < 4.78 is 0. The quantitative estimate of drug-likeness (QED) is 0.920. The van der Waals surface area contributed by atoms with Gasteiger partial charge in [-0.05, 0) is 51.5 Å². The fraction of sp³-hybridized carbons (Fsp3) is 0.353. The van der Waals surface area contributed by atoms with Crippen LogP contribution in [-0.2, 0) is 10.2 Å². The smallest absolute Gasteiger partial charge is 0.257 e. The van der Waals surface area contributed by atoms with E-state index < -0.39 is 5.41 Å². The molecule has 1 aromatic heterocycles. The van der Waals surface area contributed by atoms with Crippen molar-refractivity contribution in [1.29, 1.82) is 0 Å². The number of anilines is 2. The number of rotatable bonds is 2. The van der Waals surface area contributed by atoms with Crippen molar-refractivity contribution in [3.05, 3.63) is 39.9 Å². The molecule has 5 nitrogen and oxygen atoms in total. The third-order valence-electron chi connectivity index (χ3n) is 4.38. The normalized spacial score (nSPS) is 15.7. The SMILES string of the molecule is Cc1nc(NC(=O)c2ccc3c(c2)C(C)(C)C(=O)N3C)sc1C. The zero-order valence-corrected chi connectivity index (χ0v) is 14.7. The summed E-state index contributed by atoms with van der Waals surface area (Å²) in [5.74, 6) is -0.171. The molecule has 0 saturated carbocycles. The van der Waals surface area contributed by atoms with E-state index in [1.165, 1.54) is 11.3 Å². The second-order valence-corrected chi connectivity index (χ2v) is 7.54. The maximum Gasteiger partial charge on any atom is 0.257 e. The Kier molecular flexibility index (Phi) is 3.52. The number of likely N-dealkylation sites (N-methyl/N-ethyl adjacent to an activating group) is 1. The molecule has 1 aliphatic heterocycles. The van der Waals surface area contributed by atoms with Gasteiger partial charge >= 0.3 is 0 Å². The summed E-state index contributed by atoms with van der Waals surface area (Å²) in [5, 5.41) is 3.43. The number of nitrogens with one attached hydrogen (secondary N) is 1. The van der Waals surface area contributed by atoms with E-state index >= 15 is 0 Å². The average Bonchev–Trinajstić information content (AvgIpc) is 2.90. The summed E-state index contributed by atoms with van der Waals surface area (Å²) >= 11 is 1.46. The molecule has 1 N–H and O–H groups in total. The monoisotopic (exact) mass is 329 g/mol. The summed E-state index contributed by atoms with van der Waals surface area (Å²) in [5.41, 5.74) is 2.58. The van der Waals surface area contributed by atoms with Gasteiger partial charge < -0.3 is 4.90 Å². The molecule has 120 valence electrons. The van der Waals surface area contributed by atoms with E-state index in [1.807, 2.05) is 33.8 Å². The lowest BCUT2D eigenvalue weighted by Crippen LogP contribution is -2.33. The van der Waals surface area contributed by atoms with E-state index in [4.69, 9.17) is 0 Å². The minimum atomic E-state index is -0.616. The van der Waals surface area contributed by atoms with Crippen molar-refractivity contribution in [1.82, 2.24) is 4.98 Å².